The molecule has 1 heterocycles. The van der Waals surface area contributed by atoms with E-state index < -0.39 is 0 Å². The fraction of sp³-hybridized carbons (Fsp3) is 0.625. The van der Waals surface area contributed by atoms with Crippen molar-refractivity contribution in [2.75, 3.05) is 0 Å². The van der Waals surface area contributed by atoms with Crippen molar-refractivity contribution in [3.8, 4) is 5.75 Å². The molecule has 0 aromatic carbocycles. The van der Waals surface area contributed by atoms with Gasteiger partial charge in [0.15, 0.2) is 0 Å². The zero-order valence-corrected chi connectivity index (χ0v) is 14.1. The molecule has 1 aliphatic carbocycles. The van der Waals surface area contributed by atoms with Gasteiger partial charge in [-0.2, -0.15) is 0 Å². The monoisotopic (exact) mass is 355 g/mol. The minimum absolute atomic E-state index is 0.0349. The third-order valence-electron chi connectivity index (χ3n) is 3.93. The molecule has 0 aliphatic heterocycles. The van der Waals surface area contributed by atoms with Crippen LogP contribution in [0.25, 0.3) is 0 Å². The van der Waals surface area contributed by atoms with Crippen LogP contribution in [0.4, 0.5) is 0 Å². The number of rotatable bonds is 4. The van der Waals surface area contributed by atoms with E-state index >= 15 is 0 Å². The van der Waals surface area contributed by atoms with Gasteiger partial charge in [-0.3, -0.25) is 4.79 Å². The summed E-state index contributed by atoms with van der Waals surface area (Å²) < 4.78 is 6.02. The van der Waals surface area contributed by atoms with Crippen molar-refractivity contribution in [3.05, 3.63) is 22.4 Å². The second kappa shape index (κ2) is 7.25. The lowest BCUT2D eigenvalue weighted by Gasteiger charge is -2.27. The molecule has 1 aromatic heterocycles. The molecular formula is C16H22BrNO3. The van der Waals surface area contributed by atoms with Crippen molar-refractivity contribution < 1.29 is 14.6 Å². The molecule has 0 unspecified atom stereocenters. The lowest BCUT2D eigenvalue weighted by atomic mass is 9.80. The summed E-state index contributed by atoms with van der Waals surface area (Å²) >= 11 is 3.33. The van der Waals surface area contributed by atoms with Gasteiger partial charge in [-0.15, -0.1) is 0 Å². The Morgan fingerprint density at radius 3 is 2.67 bits per heavy atom. The SMILES string of the molecule is CC(C)OC(=O)C1CCC(Cc2nc(Br)ccc2O)CC1. The summed E-state index contributed by atoms with van der Waals surface area (Å²) in [5.74, 6) is 0.694. The molecule has 1 aromatic rings. The molecule has 2 rings (SSSR count). The molecule has 1 N–H and O–H groups in total. The molecule has 0 amide bonds. The summed E-state index contributed by atoms with van der Waals surface area (Å²) in [7, 11) is 0. The van der Waals surface area contributed by atoms with E-state index in [4.69, 9.17) is 4.74 Å². The number of carbonyl (C=O) groups excluding carboxylic acids is 1. The zero-order valence-electron chi connectivity index (χ0n) is 12.5. The van der Waals surface area contributed by atoms with Gasteiger partial charge in [0.1, 0.15) is 10.4 Å². The molecule has 0 radical (unpaired) electrons. The van der Waals surface area contributed by atoms with Crippen LogP contribution in [-0.4, -0.2) is 22.2 Å². The minimum atomic E-state index is -0.0631. The molecule has 0 atom stereocenters. The van der Waals surface area contributed by atoms with Crippen LogP contribution in [0.15, 0.2) is 16.7 Å². The van der Waals surface area contributed by atoms with E-state index in [0.717, 1.165) is 42.4 Å². The van der Waals surface area contributed by atoms with Crippen LogP contribution in [-0.2, 0) is 16.0 Å². The predicted molar refractivity (Wildman–Crippen MR) is 84.0 cm³/mol. The molecule has 21 heavy (non-hydrogen) atoms. The number of hydrogen-bond donors (Lipinski definition) is 1. The van der Waals surface area contributed by atoms with Crippen LogP contribution < -0.4 is 0 Å². The Labute approximate surface area is 134 Å². The highest BCUT2D eigenvalue weighted by molar-refractivity contribution is 9.10. The summed E-state index contributed by atoms with van der Waals surface area (Å²) in [5.41, 5.74) is 0.734. The number of pyridine rings is 1. The van der Waals surface area contributed by atoms with E-state index in [1.54, 1.807) is 12.1 Å². The van der Waals surface area contributed by atoms with E-state index in [-0.39, 0.29) is 23.7 Å². The minimum Gasteiger partial charge on any atom is -0.506 e. The van der Waals surface area contributed by atoms with Crippen molar-refractivity contribution in [2.45, 2.75) is 52.1 Å². The lowest BCUT2D eigenvalue weighted by Crippen LogP contribution is -2.26. The van der Waals surface area contributed by atoms with Gasteiger partial charge in [0.25, 0.3) is 0 Å². The summed E-state index contributed by atoms with van der Waals surface area (Å²) in [4.78, 5) is 16.2. The largest absolute Gasteiger partial charge is 0.506 e. The second-order valence-electron chi connectivity index (χ2n) is 6.01. The normalized spacial score (nSPS) is 22.3. The van der Waals surface area contributed by atoms with Crippen molar-refractivity contribution in [2.24, 2.45) is 11.8 Å². The molecule has 1 saturated carbocycles. The number of nitrogens with zero attached hydrogens (tertiary/aromatic N) is 1. The Bertz CT molecular complexity index is 496. The van der Waals surface area contributed by atoms with Gasteiger partial charge in [-0.25, -0.2) is 4.98 Å². The Morgan fingerprint density at radius 1 is 1.38 bits per heavy atom. The van der Waals surface area contributed by atoms with E-state index in [2.05, 4.69) is 20.9 Å². The molecule has 0 saturated heterocycles. The van der Waals surface area contributed by atoms with Crippen molar-refractivity contribution in [1.82, 2.24) is 4.98 Å². The van der Waals surface area contributed by atoms with Crippen molar-refractivity contribution >= 4 is 21.9 Å². The predicted octanol–water partition coefficient (Wildman–Crippen LogP) is 3.85. The maximum absolute atomic E-state index is 11.9. The molecule has 0 bridgehead atoms. The maximum atomic E-state index is 11.9. The third kappa shape index (κ3) is 4.70. The quantitative estimate of drug-likeness (QED) is 0.658. The molecule has 1 fully saturated rings. The molecule has 5 heteroatoms. The van der Waals surface area contributed by atoms with E-state index in [1.807, 2.05) is 13.8 Å². The average molecular weight is 356 g/mol. The number of carbonyl (C=O) groups is 1. The Hall–Kier alpha value is -1.10. The average Bonchev–Trinajstić information content (AvgIpc) is 2.43. The first kappa shape index (κ1) is 16.3. The zero-order chi connectivity index (χ0) is 15.4. The van der Waals surface area contributed by atoms with Crippen LogP contribution in [0, 0.1) is 11.8 Å². The number of ether oxygens (including phenoxy) is 1. The van der Waals surface area contributed by atoms with Crippen molar-refractivity contribution in [1.29, 1.82) is 0 Å². The first-order valence-electron chi connectivity index (χ1n) is 7.50. The van der Waals surface area contributed by atoms with E-state index in [1.165, 1.54) is 0 Å². The summed E-state index contributed by atoms with van der Waals surface area (Å²) in [5, 5.41) is 9.85. The number of aromatic hydroxyl groups is 1. The lowest BCUT2D eigenvalue weighted by molar-refractivity contribution is -0.153. The topological polar surface area (TPSA) is 59.4 Å². The molecule has 1 aliphatic rings. The molecular weight excluding hydrogens is 334 g/mol. The van der Waals surface area contributed by atoms with Crippen LogP contribution in [0.3, 0.4) is 0 Å². The highest BCUT2D eigenvalue weighted by Gasteiger charge is 2.28. The van der Waals surface area contributed by atoms with Gasteiger partial charge >= 0.3 is 5.97 Å². The second-order valence-corrected chi connectivity index (χ2v) is 6.82. The van der Waals surface area contributed by atoms with Gasteiger partial charge in [0.05, 0.1) is 17.7 Å². The van der Waals surface area contributed by atoms with E-state index in [0.29, 0.717) is 5.92 Å². The molecule has 4 nitrogen and oxygen atoms in total. The Morgan fingerprint density at radius 2 is 2.05 bits per heavy atom. The van der Waals surface area contributed by atoms with Crippen LogP contribution in [0.1, 0.15) is 45.2 Å². The van der Waals surface area contributed by atoms with Crippen LogP contribution in [0.5, 0.6) is 5.75 Å². The van der Waals surface area contributed by atoms with Crippen LogP contribution >= 0.6 is 15.9 Å². The van der Waals surface area contributed by atoms with Gasteiger partial charge in [-0.1, -0.05) is 0 Å². The van der Waals surface area contributed by atoms with Gasteiger partial charge in [-0.05, 0) is 79.9 Å². The van der Waals surface area contributed by atoms with Crippen molar-refractivity contribution in [3.63, 3.8) is 0 Å². The first-order chi connectivity index (χ1) is 9.95. The highest BCUT2D eigenvalue weighted by atomic mass is 79.9. The molecule has 116 valence electrons. The molecule has 0 spiro atoms. The smallest absolute Gasteiger partial charge is 0.309 e. The number of hydrogen-bond acceptors (Lipinski definition) is 4. The maximum Gasteiger partial charge on any atom is 0.309 e. The van der Waals surface area contributed by atoms with E-state index in [9.17, 15) is 9.90 Å². The van der Waals surface area contributed by atoms with Crippen LogP contribution in [0.2, 0.25) is 0 Å². The van der Waals surface area contributed by atoms with Gasteiger partial charge < -0.3 is 9.84 Å². The summed E-state index contributed by atoms with van der Waals surface area (Å²) in [6, 6.07) is 3.40. The highest BCUT2D eigenvalue weighted by Crippen LogP contribution is 2.33. The Balaban J connectivity index is 1.87. The first-order valence-corrected chi connectivity index (χ1v) is 8.30. The fourth-order valence-electron chi connectivity index (χ4n) is 2.82. The number of esters is 1. The Kier molecular flexibility index (Phi) is 5.62. The number of halogens is 1. The standard InChI is InChI=1S/C16H22BrNO3/c1-10(2)21-16(20)12-5-3-11(4-6-12)9-13-14(19)7-8-15(17)18-13/h7-8,10-12,19H,3-6,9H2,1-2H3. The summed E-state index contributed by atoms with van der Waals surface area (Å²) in [6.07, 6.45) is 4.41. The third-order valence-corrected chi connectivity index (χ3v) is 4.37. The fourth-order valence-corrected chi connectivity index (χ4v) is 3.17. The van der Waals surface area contributed by atoms with Gasteiger partial charge in [0, 0.05) is 0 Å². The summed E-state index contributed by atoms with van der Waals surface area (Å²) in [6.45, 7) is 3.76. The number of aromatic nitrogens is 1. The van der Waals surface area contributed by atoms with Gasteiger partial charge in [0.2, 0.25) is 0 Å².